The first-order chi connectivity index (χ1) is 38.9. The first-order valence-electron chi connectivity index (χ1n) is 27.5. The van der Waals surface area contributed by atoms with Crippen LogP contribution in [0.1, 0.15) is 47.2 Å². The first kappa shape index (κ1) is 46.4. The van der Waals surface area contributed by atoms with Crippen molar-refractivity contribution in [3.05, 3.63) is 331 Å². The van der Waals surface area contributed by atoms with Gasteiger partial charge in [-0.2, -0.15) is 0 Å². The van der Waals surface area contributed by atoms with E-state index in [9.17, 15) is 0 Å². The van der Waals surface area contributed by atoms with Gasteiger partial charge < -0.3 is 14.4 Å². The normalized spacial score (nSPS) is 13.4. The van der Waals surface area contributed by atoms with Crippen LogP contribution in [0.25, 0.3) is 60.9 Å². The van der Waals surface area contributed by atoms with Gasteiger partial charge in [0.05, 0.1) is 16.4 Å². The van der Waals surface area contributed by atoms with Crippen LogP contribution in [0.4, 0.5) is 34.1 Å². The summed E-state index contributed by atoms with van der Waals surface area (Å²) in [5.74, 6) is 0. The summed E-state index contributed by atoms with van der Waals surface area (Å²) in [5, 5.41) is 2.43. The molecule has 2 aliphatic rings. The van der Waals surface area contributed by atoms with E-state index in [1.54, 1.807) is 0 Å². The Morgan fingerprint density at radius 3 is 1.34 bits per heavy atom. The fraction of sp³-hybridized carbons (Fsp3) is 0.0526. The van der Waals surface area contributed by atoms with Gasteiger partial charge in [0.25, 0.3) is 0 Å². The highest BCUT2D eigenvalue weighted by Gasteiger charge is 2.46. The summed E-state index contributed by atoms with van der Waals surface area (Å²) in [4.78, 5) is 4.94. The molecule has 1 heterocycles. The predicted molar refractivity (Wildman–Crippen MR) is 330 cm³/mol. The van der Waals surface area contributed by atoms with Crippen molar-refractivity contribution in [2.24, 2.45) is 0 Å². The lowest BCUT2D eigenvalue weighted by atomic mass is 9.67. The van der Waals surface area contributed by atoms with E-state index in [1.807, 2.05) is 0 Å². The number of aromatic nitrogens is 1. The zero-order valence-corrected chi connectivity index (χ0v) is 44.1. The van der Waals surface area contributed by atoms with Crippen LogP contribution < -0.4 is 9.80 Å². The molecule has 0 amide bonds. The molecule has 79 heavy (non-hydrogen) atoms. The monoisotopic (exact) mass is 1010 g/mol. The maximum atomic E-state index is 2.48. The fourth-order valence-electron chi connectivity index (χ4n) is 13.5. The maximum absolute atomic E-state index is 2.48. The summed E-state index contributed by atoms with van der Waals surface area (Å²) in [7, 11) is 0. The Kier molecular flexibility index (Phi) is 10.8. The third kappa shape index (κ3) is 7.27. The maximum Gasteiger partial charge on any atom is 0.0714 e. The average molecular weight is 1010 g/mol. The van der Waals surface area contributed by atoms with Gasteiger partial charge in [-0.05, 0) is 164 Å². The van der Waals surface area contributed by atoms with Crippen LogP contribution in [0.2, 0.25) is 0 Å². The van der Waals surface area contributed by atoms with Crippen LogP contribution in [0, 0.1) is 0 Å². The third-order valence-electron chi connectivity index (χ3n) is 17.0. The van der Waals surface area contributed by atoms with E-state index in [0.717, 1.165) is 50.9 Å². The lowest BCUT2D eigenvalue weighted by Gasteiger charge is -2.35. The van der Waals surface area contributed by atoms with Gasteiger partial charge in [0, 0.05) is 56.0 Å². The highest BCUT2D eigenvalue weighted by Crippen LogP contribution is 2.58. The SMILES string of the molecule is CC1(C)c2ccccc2-c2ccc(N(c3ccccc3)c3cc(-c4ccc5c(c4)c4ccccc4n5-c4ccccc4)cc(N(c4ccccc4)c4ccc5c(c4)C(c4ccccc4)(c4ccccc4)c4ccccc4-5)c3)cc21. The number of para-hydroxylation sites is 4. The highest BCUT2D eigenvalue weighted by molar-refractivity contribution is 6.10. The molecule has 13 aromatic rings. The predicted octanol–water partition coefficient (Wildman–Crippen LogP) is 20.1. The van der Waals surface area contributed by atoms with Gasteiger partial charge in [-0.1, -0.05) is 214 Å². The van der Waals surface area contributed by atoms with Crippen LogP contribution in [-0.2, 0) is 10.8 Å². The molecule has 0 bridgehead atoms. The van der Waals surface area contributed by atoms with Crippen molar-refractivity contribution in [2.75, 3.05) is 9.80 Å². The van der Waals surface area contributed by atoms with Crippen molar-refractivity contribution in [2.45, 2.75) is 24.7 Å². The lowest BCUT2D eigenvalue weighted by Crippen LogP contribution is -2.28. The molecule has 0 unspecified atom stereocenters. The van der Waals surface area contributed by atoms with Gasteiger partial charge in [0.2, 0.25) is 0 Å². The smallest absolute Gasteiger partial charge is 0.0714 e. The number of anilines is 6. The molecule has 3 heteroatoms. The van der Waals surface area contributed by atoms with E-state index in [4.69, 9.17) is 0 Å². The summed E-state index contributed by atoms with van der Waals surface area (Å²) >= 11 is 0. The Morgan fingerprint density at radius 2 is 0.734 bits per heavy atom. The lowest BCUT2D eigenvalue weighted by molar-refractivity contribution is 0.660. The van der Waals surface area contributed by atoms with Gasteiger partial charge in [0.1, 0.15) is 0 Å². The molecular formula is C76H55N3. The summed E-state index contributed by atoms with van der Waals surface area (Å²) in [6.45, 7) is 4.74. The molecule has 3 nitrogen and oxygen atoms in total. The van der Waals surface area contributed by atoms with E-state index in [2.05, 4.69) is 325 Å². The van der Waals surface area contributed by atoms with Gasteiger partial charge in [-0.15, -0.1) is 0 Å². The molecule has 0 spiro atoms. The summed E-state index contributed by atoms with van der Waals surface area (Å²) in [6, 6.07) is 110. The number of fused-ring (bicyclic) bond motifs is 9. The van der Waals surface area contributed by atoms with Gasteiger partial charge >= 0.3 is 0 Å². The summed E-state index contributed by atoms with van der Waals surface area (Å²) in [6.07, 6.45) is 0. The van der Waals surface area contributed by atoms with Crippen molar-refractivity contribution in [1.82, 2.24) is 4.57 Å². The quantitative estimate of drug-likeness (QED) is 0.135. The zero-order chi connectivity index (χ0) is 52.7. The van der Waals surface area contributed by atoms with Gasteiger partial charge in [-0.3, -0.25) is 0 Å². The molecule has 1 aromatic heterocycles. The van der Waals surface area contributed by atoms with Crippen molar-refractivity contribution < 1.29 is 0 Å². The van der Waals surface area contributed by atoms with Crippen molar-refractivity contribution in [3.8, 4) is 39.1 Å². The average Bonchev–Trinajstić information content (AvgIpc) is 4.29. The van der Waals surface area contributed by atoms with Crippen molar-refractivity contribution in [1.29, 1.82) is 0 Å². The molecule has 12 aromatic carbocycles. The Hall–Kier alpha value is -9.96. The first-order valence-corrected chi connectivity index (χ1v) is 27.5. The largest absolute Gasteiger partial charge is 0.310 e. The van der Waals surface area contributed by atoms with E-state index in [0.29, 0.717) is 0 Å². The molecule has 15 rings (SSSR count). The van der Waals surface area contributed by atoms with Crippen LogP contribution in [0.3, 0.4) is 0 Å². The zero-order valence-electron chi connectivity index (χ0n) is 44.1. The molecule has 0 fully saturated rings. The standard InChI is InChI=1S/C76H55N3/c1-75(2)69-37-21-18-34-63(69)65-43-41-59(50-71(65)75)77(56-28-12-5-13-29-56)61-46-53(52-40-45-74-68(48-52)67-36-20-23-39-73(67)79(74)58-32-16-7-17-33-58)47-62(49-61)78(57-30-14-6-15-31-57)60-42-44-66-64-35-19-22-38-70(64)76(72(66)51-60,54-24-8-3-9-25-54)55-26-10-4-11-27-55/h3-51H,1-2H3. The molecule has 374 valence electrons. The number of hydrogen-bond donors (Lipinski definition) is 0. The van der Waals surface area contributed by atoms with Crippen LogP contribution in [0.15, 0.2) is 297 Å². The summed E-state index contributed by atoms with van der Waals surface area (Å²) < 4.78 is 2.40. The van der Waals surface area contributed by atoms with Crippen LogP contribution in [0.5, 0.6) is 0 Å². The molecule has 0 N–H and O–H groups in total. The van der Waals surface area contributed by atoms with E-state index in [-0.39, 0.29) is 5.41 Å². The number of benzene rings is 12. The Labute approximate surface area is 462 Å². The Morgan fingerprint density at radius 1 is 0.278 bits per heavy atom. The number of nitrogens with zero attached hydrogens (tertiary/aromatic N) is 3. The van der Waals surface area contributed by atoms with E-state index >= 15 is 0 Å². The minimum absolute atomic E-state index is 0.183. The van der Waals surface area contributed by atoms with Gasteiger partial charge in [-0.25, -0.2) is 0 Å². The molecule has 0 saturated heterocycles. The molecular weight excluding hydrogens is 955 g/mol. The molecule has 2 aliphatic carbocycles. The minimum atomic E-state index is -0.570. The summed E-state index contributed by atoms with van der Waals surface area (Å²) in [5.41, 5.74) is 24.2. The second-order valence-electron chi connectivity index (χ2n) is 21.7. The second kappa shape index (κ2) is 18.4. The second-order valence-corrected chi connectivity index (χ2v) is 21.7. The Bertz CT molecular complexity index is 4410. The molecule has 0 aliphatic heterocycles. The Balaban J connectivity index is 0.996. The van der Waals surface area contributed by atoms with Crippen LogP contribution >= 0.6 is 0 Å². The van der Waals surface area contributed by atoms with E-state index in [1.165, 1.54) is 77.4 Å². The van der Waals surface area contributed by atoms with Gasteiger partial charge in [0.15, 0.2) is 0 Å². The fourth-order valence-corrected chi connectivity index (χ4v) is 13.5. The van der Waals surface area contributed by atoms with Crippen molar-refractivity contribution >= 4 is 55.9 Å². The molecule has 0 atom stereocenters. The third-order valence-corrected chi connectivity index (χ3v) is 17.0. The molecule has 0 radical (unpaired) electrons. The topological polar surface area (TPSA) is 11.4 Å². The highest BCUT2D eigenvalue weighted by atomic mass is 15.2. The minimum Gasteiger partial charge on any atom is -0.310 e. The number of hydrogen-bond acceptors (Lipinski definition) is 2. The van der Waals surface area contributed by atoms with Crippen LogP contribution in [-0.4, -0.2) is 4.57 Å². The van der Waals surface area contributed by atoms with E-state index < -0.39 is 5.41 Å². The number of rotatable bonds is 10. The van der Waals surface area contributed by atoms with Crippen molar-refractivity contribution in [3.63, 3.8) is 0 Å². The molecule has 0 saturated carbocycles.